The number of nitrogens with one attached hydrogen (secondary N) is 3. The van der Waals surface area contributed by atoms with Crippen molar-refractivity contribution in [2.75, 3.05) is 19.6 Å². The molecule has 0 aromatic heterocycles. The highest BCUT2D eigenvalue weighted by molar-refractivity contribution is 14.0. The Hall–Kier alpha value is -0.870. The molecule has 3 N–H and O–H groups in total. The van der Waals surface area contributed by atoms with Gasteiger partial charge in [-0.25, -0.2) is 18.1 Å². The first-order chi connectivity index (χ1) is 10.9. The van der Waals surface area contributed by atoms with E-state index in [1.807, 2.05) is 27.7 Å². The highest BCUT2D eigenvalue weighted by Crippen LogP contribution is 2.11. The second kappa shape index (κ2) is 11.6. The van der Waals surface area contributed by atoms with E-state index in [4.69, 9.17) is 0 Å². The summed E-state index contributed by atoms with van der Waals surface area (Å²) in [6, 6.07) is 6.83. The first kappa shape index (κ1) is 23.1. The Morgan fingerprint density at radius 1 is 1.08 bits per heavy atom. The number of hydrogen-bond donors (Lipinski definition) is 3. The van der Waals surface area contributed by atoms with E-state index in [9.17, 15) is 8.42 Å². The zero-order valence-corrected chi connectivity index (χ0v) is 17.9. The van der Waals surface area contributed by atoms with Gasteiger partial charge in [-0.05, 0) is 37.5 Å². The average Bonchev–Trinajstić information content (AvgIpc) is 2.52. The minimum atomic E-state index is -3.43. The summed E-state index contributed by atoms with van der Waals surface area (Å²) < 4.78 is 26.9. The van der Waals surface area contributed by atoms with Gasteiger partial charge in [-0.2, -0.15) is 0 Å². The van der Waals surface area contributed by atoms with Crippen LogP contribution >= 0.6 is 24.0 Å². The van der Waals surface area contributed by atoms with Gasteiger partial charge in [-0.3, -0.25) is 0 Å². The molecule has 0 aliphatic rings. The third-order valence-electron chi connectivity index (χ3n) is 3.02. The Morgan fingerprint density at radius 3 is 2.08 bits per heavy atom. The molecule has 0 amide bonds. The van der Waals surface area contributed by atoms with Gasteiger partial charge in [0, 0.05) is 19.6 Å². The van der Waals surface area contributed by atoms with Crippen molar-refractivity contribution in [2.45, 2.75) is 39.1 Å². The molecule has 0 fully saturated rings. The maximum absolute atomic E-state index is 12.1. The van der Waals surface area contributed by atoms with Crippen LogP contribution in [0.25, 0.3) is 0 Å². The van der Waals surface area contributed by atoms with E-state index >= 15 is 0 Å². The summed E-state index contributed by atoms with van der Waals surface area (Å²) in [6.45, 7) is 10.5. The molecule has 0 radical (unpaired) electrons. The number of nitrogens with zero attached hydrogens (tertiary/aromatic N) is 1. The van der Waals surface area contributed by atoms with Crippen LogP contribution in [0.2, 0.25) is 0 Å². The van der Waals surface area contributed by atoms with Gasteiger partial charge in [0.25, 0.3) is 0 Å². The molecule has 6 nitrogen and oxygen atoms in total. The quantitative estimate of drug-likeness (QED) is 0.311. The zero-order chi connectivity index (χ0) is 17.3. The second-order valence-electron chi connectivity index (χ2n) is 5.62. The molecule has 8 heteroatoms. The third kappa shape index (κ3) is 8.29. The number of rotatable bonds is 8. The number of benzene rings is 1. The third-order valence-corrected chi connectivity index (χ3v) is 4.46. The van der Waals surface area contributed by atoms with E-state index in [0.717, 1.165) is 24.6 Å². The summed E-state index contributed by atoms with van der Waals surface area (Å²) >= 11 is 0. The van der Waals surface area contributed by atoms with E-state index in [0.29, 0.717) is 13.1 Å². The molecule has 0 atom stereocenters. The minimum absolute atomic E-state index is 0. The van der Waals surface area contributed by atoms with Crippen molar-refractivity contribution in [3.63, 3.8) is 0 Å². The number of halogens is 1. The Morgan fingerprint density at radius 2 is 1.62 bits per heavy atom. The summed E-state index contributed by atoms with van der Waals surface area (Å²) in [5.74, 6) is 1.03. The smallest absolute Gasteiger partial charge is 0.240 e. The molecule has 1 aromatic rings. The van der Waals surface area contributed by atoms with Gasteiger partial charge in [0.2, 0.25) is 10.0 Å². The molecule has 0 saturated heterocycles. The molecular weight excluding hydrogens is 439 g/mol. The highest BCUT2D eigenvalue weighted by atomic mass is 127. The van der Waals surface area contributed by atoms with Crippen LogP contribution in [0, 0.1) is 5.92 Å². The van der Waals surface area contributed by atoms with Crippen molar-refractivity contribution in [2.24, 2.45) is 10.9 Å². The van der Waals surface area contributed by atoms with Crippen LogP contribution in [0.4, 0.5) is 0 Å². The second-order valence-corrected chi connectivity index (χ2v) is 7.38. The van der Waals surface area contributed by atoms with Crippen LogP contribution in [-0.2, 0) is 16.6 Å². The Bertz CT molecular complexity index is 593. The lowest BCUT2D eigenvalue weighted by molar-refractivity contribution is 0.560. The Balaban J connectivity index is 0.00000529. The Labute approximate surface area is 163 Å². The van der Waals surface area contributed by atoms with Crippen molar-refractivity contribution < 1.29 is 8.42 Å². The SMILES string of the molecule is CCNC(=NCc1ccc(S(=O)(=O)NCC(C)C)cc1)NCC.I. The molecule has 0 unspecified atom stereocenters. The molecule has 0 saturated carbocycles. The predicted octanol–water partition coefficient (Wildman–Crippen LogP) is 2.31. The summed E-state index contributed by atoms with van der Waals surface area (Å²) in [5.41, 5.74) is 0.959. The fourth-order valence-corrected chi connectivity index (χ4v) is 3.03. The average molecular weight is 468 g/mol. The molecule has 0 bridgehead atoms. The van der Waals surface area contributed by atoms with Crippen LogP contribution < -0.4 is 15.4 Å². The van der Waals surface area contributed by atoms with Crippen LogP contribution in [0.3, 0.4) is 0 Å². The lowest BCUT2D eigenvalue weighted by atomic mass is 10.2. The maximum atomic E-state index is 12.1. The molecular formula is C16H29IN4O2S. The normalized spacial score (nSPS) is 10.9. The fourth-order valence-electron chi connectivity index (χ4n) is 1.81. The van der Waals surface area contributed by atoms with Gasteiger partial charge in [0.05, 0.1) is 11.4 Å². The van der Waals surface area contributed by atoms with E-state index in [2.05, 4.69) is 20.3 Å². The molecule has 0 heterocycles. The molecule has 0 spiro atoms. The molecule has 24 heavy (non-hydrogen) atoms. The number of hydrogen-bond acceptors (Lipinski definition) is 3. The van der Waals surface area contributed by atoms with Gasteiger partial charge in [-0.15, -0.1) is 24.0 Å². The fraction of sp³-hybridized carbons (Fsp3) is 0.562. The van der Waals surface area contributed by atoms with Gasteiger partial charge < -0.3 is 10.6 Å². The summed E-state index contributed by atoms with van der Waals surface area (Å²) in [6.07, 6.45) is 0. The van der Waals surface area contributed by atoms with Crippen molar-refractivity contribution in [1.29, 1.82) is 0 Å². The number of sulfonamides is 1. The van der Waals surface area contributed by atoms with E-state index in [1.165, 1.54) is 0 Å². The molecule has 0 aliphatic carbocycles. The zero-order valence-electron chi connectivity index (χ0n) is 14.8. The number of aliphatic imine (C=N–C) groups is 1. The van der Waals surface area contributed by atoms with Crippen molar-refractivity contribution in [3.05, 3.63) is 29.8 Å². The first-order valence-corrected chi connectivity index (χ1v) is 9.48. The summed E-state index contributed by atoms with van der Waals surface area (Å²) in [7, 11) is -3.43. The van der Waals surface area contributed by atoms with Crippen LogP contribution in [0.15, 0.2) is 34.2 Å². The predicted molar refractivity (Wildman–Crippen MR) is 110 cm³/mol. The number of guanidine groups is 1. The standard InChI is InChI=1S/C16H28N4O2S.HI/c1-5-17-16(18-6-2)19-12-14-7-9-15(10-8-14)23(21,22)20-11-13(3)4;/h7-10,13,20H,5-6,11-12H2,1-4H3,(H2,17,18,19);1H. The van der Waals surface area contributed by atoms with Crippen molar-refractivity contribution in [1.82, 2.24) is 15.4 Å². The van der Waals surface area contributed by atoms with E-state index in [-0.39, 0.29) is 34.8 Å². The minimum Gasteiger partial charge on any atom is -0.357 e. The largest absolute Gasteiger partial charge is 0.357 e. The molecule has 1 rings (SSSR count). The molecule has 138 valence electrons. The lowest BCUT2D eigenvalue weighted by Gasteiger charge is -2.10. The van der Waals surface area contributed by atoms with Crippen molar-refractivity contribution in [3.8, 4) is 0 Å². The first-order valence-electron chi connectivity index (χ1n) is 7.99. The lowest BCUT2D eigenvalue weighted by Crippen LogP contribution is -2.36. The summed E-state index contributed by atoms with van der Waals surface area (Å²) in [4.78, 5) is 4.74. The topological polar surface area (TPSA) is 82.6 Å². The highest BCUT2D eigenvalue weighted by Gasteiger charge is 2.13. The van der Waals surface area contributed by atoms with E-state index < -0.39 is 10.0 Å². The van der Waals surface area contributed by atoms with Crippen LogP contribution in [0.1, 0.15) is 33.3 Å². The van der Waals surface area contributed by atoms with Gasteiger partial charge in [-0.1, -0.05) is 26.0 Å². The van der Waals surface area contributed by atoms with Gasteiger partial charge >= 0.3 is 0 Å². The summed E-state index contributed by atoms with van der Waals surface area (Å²) in [5, 5.41) is 6.30. The van der Waals surface area contributed by atoms with E-state index in [1.54, 1.807) is 24.3 Å². The maximum Gasteiger partial charge on any atom is 0.240 e. The molecule has 1 aromatic carbocycles. The van der Waals surface area contributed by atoms with Gasteiger partial charge in [0.15, 0.2) is 5.96 Å². The monoisotopic (exact) mass is 468 g/mol. The Kier molecular flexibility index (Phi) is 11.2. The van der Waals surface area contributed by atoms with Gasteiger partial charge in [0.1, 0.15) is 0 Å². The molecule has 0 aliphatic heterocycles. The van der Waals surface area contributed by atoms with Crippen LogP contribution in [-0.4, -0.2) is 34.0 Å². The van der Waals surface area contributed by atoms with Crippen LogP contribution in [0.5, 0.6) is 0 Å². The van der Waals surface area contributed by atoms with Crippen molar-refractivity contribution >= 4 is 40.0 Å².